The number of anilines is 1. The molecule has 0 amide bonds. The Kier molecular flexibility index (Phi) is 9.71. The van der Waals surface area contributed by atoms with Gasteiger partial charge in [-0.2, -0.15) is 5.10 Å². The molecule has 0 fully saturated rings. The minimum Gasteiger partial charge on any atom is -0.464 e. The van der Waals surface area contributed by atoms with Gasteiger partial charge in [-0.25, -0.2) is 13.2 Å². The van der Waals surface area contributed by atoms with Crippen LogP contribution >= 0.6 is 0 Å². The third-order valence-electron chi connectivity index (χ3n) is 7.40. The Morgan fingerprint density at radius 2 is 1.73 bits per heavy atom. The van der Waals surface area contributed by atoms with Gasteiger partial charge in [0.25, 0.3) is 0 Å². The molecular formula is C32H33F3N4O5S. The largest absolute Gasteiger partial charge is 0.573 e. The van der Waals surface area contributed by atoms with Crippen molar-refractivity contribution in [2.45, 2.75) is 43.6 Å². The SMILES string of the molecule is CCC(C)N(c1cc(-c2cccc(S(C)(=O)=O)c2)ccc1-c1cc(C(=O)OC)nn1C)C(C=N)c1ccc(OC(F)(F)F)cc1. The van der Waals surface area contributed by atoms with Crippen LogP contribution in [0.25, 0.3) is 22.4 Å². The molecule has 3 aromatic carbocycles. The van der Waals surface area contributed by atoms with Crippen LogP contribution in [-0.2, 0) is 21.6 Å². The van der Waals surface area contributed by atoms with Crippen LogP contribution in [-0.4, -0.2) is 56.2 Å². The molecule has 4 rings (SSSR count). The van der Waals surface area contributed by atoms with Crippen LogP contribution in [0.5, 0.6) is 5.75 Å². The van der Waals surface area contributed by atoms with Crippen LogP contribution in [0.1, 0.15) is 42.4 Å². The summed E-state index contributed by atoms with van der Waals surface area (Å²) in [7, 11) is -0.554. The number of halogens is 3. The molecule has 0 saturated carbocycles. The number of carbonyl (C=O) groups is 1. The minimum absolute atomic E-state index is 0.0878. The van der Waals surface area contributed by atoms with E-state index in [1.807, 2.05) is 36.9 Å². The number of aromatic nitrogens is 2. The van der Waals surface area contributed by atoms with Gasteiger partial charge in [0.15, 0.2) is 15.5 Å². The van der Waals surface area contributed by atoms with E-state index in [1.54, 1.807) is 31.3 Å². The highest BCUT2D eigenvalue weighted by atomic mass is 32.2. The van der Waals surface area contributed by atoms with Crippen LogP contribution in [0.15, 0.2) is 77.7 Å². The first-order valence-corrected chi connectivity index (χ1v) is 15.8. The van der Waals surface area contributed by atoms with E-state index in [4.69, 9.17) is 10.1 Å². The second-order valence-electron chi connectivity index (χ2n) is 10.5. The van der Waals surface area contributed by atoms with Crippen molar-refractivity contribution >= 4 is 27.7 Å². The number of nitrogens with one attached hydrogen (secondary N) is 1. The van der Waals surface area contributed by atoms with Crippen molar-refractivity contribution < 1.29 is 35.9 Å². The monoisotopic (exact) mass is 642 g/mol. The lowest BCUT2D eigenvalue weighted by Gasteiger charge is -2.38. The molecule has 0 spiro atoms. The van der Waals surface area contributed by atoms with Crippen LogP contribution < -0.4 is 9.64 Å². The molecule has 0 radical (unpaired) electrons. The number of benzene rings is 3. The average Bonchev–Trinajstić information content (AvgIpc) is 3.39. The van der Waals surface area contributed by atoms with Crippen molar-refractivity contribution in [3.8, 4) is 28.1 Å². The smallest absolute Gasteiger partial charge is 0.464 e. The third-order valence-corrected chi connectivity index (χ3v) is 8.51. The average molecular weight is 643 g/mol. The molecule has 0 aliphatic heterocycles. The molecule has 1 aromatic heterocycles. The molecular weight excluding hydrogens is 609 g/mol. The van der Waals surface area contributed by atoms with Gasteiger partial charge < -0.3 is 19.8 Å². The van der Waals surface area contributed by atoms with E-state index in [9.17, 15) is 26.4 Å². The predicted molar refractivity (Wildman–Crippen MR) is 165 cm³/mol. The second kappa shape index (κ2) is 13.1. The Hall–Kier alpha value is -4.65. The Morgan fingerprint density at radius 1 is 1.07 bits per heavy atom. The summed E-state index contributed by atoms with van der Waals surface area (Å²) in [5.74, 6) is -1.01. The maximum absolute atomic E-state index is 12.8. The van der Waals surface area contributed by atoms with E-state index < -0.39 is 28.2 Å². The number of carbonyl (C=O) groups excluding carboxylic acids is 1. The van der Waals surface area contributed by atoms with Crippen LogP contribution in [0.4, 0.5) is 18.9 Å². The molecule has 0 aliphatic rings. The third kappa shape index (κ3) is 7.54. The summed E-state index contributed by atoms with van der Waals surface area (Å²) in [6.45, 7) is 3.93. The Balaban J connectivity index is 1.96. The van der Waals surface area contributed by atoms with Gasteiger partial charge >= 0.3 is 12.3 Å². The van der Waals surface area contributed by atoms with Crippen molar-refractivity contribution in [3.05, 3.63) is 84.1 Å². The van der Waals surface area contributed by atoms with Gasteiger partial charge in [-0.05, 0) is 66.4 Å². The number of esters is 1. The lowest BCUT2D eigenvalue weighted by atomic mass is 9.96. The number of methoxy groups -OCH3 is 1. The highest BCUT2D eigenvalue weighted by Crippen LogP contribution is 2.41. The standard InChI is InChI=1S/C32H33F3N4O5S/c1-6-20(2)39(30(19-36)21-10-13-24(14-11-21)44-32(33,34)35)29-17-23(22-8-7-9-25(16-22)45(5,41)42)12-15-26(29)28-18-27(31(40)43-4)37-38(28)3/h7-20,30,36H,6H2,1-5H3. The van der Waals surface area contributed by atoms with Gasteiger partial charge in [-0.1, -0.05) is 43.3 Å². The van der Waals surface area contributed by atoms with E-state index in [-0.39, 0.29) is 22.4 Å². The minimum atomic E-state index is -4.85. The molecule has 0 aliphatic carbocycles. The van der Waals surface area contributed by atoms with Crippen LogP contribution in [0.2, 0.25) is 0 Å². The van der Waals surface area contributed by atoms with Gasteiger partial charge in [0.1, 0.15) is 5.75 Å². The van der Waals surface area contributed by atoms with Gasteiger partial charge in [-0.15, -0.1) is 13.2 Å². The molecule has 2 atom stereocenters. The molecule has 45 heavy (non-hydrogen) atoms. The summed E-state index contributed by atoms with van der Waals surface area (Å²) in [6, 6.07) is 18.1. The van der Waals surface area contributed by atoms with E-state index in [0.29, 0.717) is 40.1 Å². The summed E-state index contributed by atoms with van der Waals surface area (Å²) >= 11 is 0. The molecule has 1 N–H and O–H groups in total. The van der Waals surface area contributed by atoms with Gasteiger partial charge in [0, 0.05) is 36.8 Å². The topological polar surface area (TPSA) is 115 Å². The highest BCUT2D eigenvalue weighted by Gasteiger charge is 2.32. The predicted octanol–water partition coefficient (Wildman–Crippen LogP) is 6.84. The highest BCUT2D eigenvalue weighted by molar-refractivity contribution is 7.90. The van der Waals surface area contributed by atoms with Crippen molar-refractivity contribution in [2.24, 2.45) is 7.05 Å². The van der Waals surface area contributed by atoms with Gasteiger partial charge in [-0.3, -0.25) is 4.68 Å². The zero-order chi connectivity index (χ0) is 33.1. The fraction of sp³-hybridized carbons (Fsp3) is 0.281. The molecule has 4 aromatic rings. The zero-order valence-corrected chi connectivity index (χ0v) is 26.1. The van der Waals surface area contributed by atoms with Gasteiger partial charge in [0.2, 0.25) is 0 Å². The van der Waals surface area contributed by atoms with E-state index >= 15 is 0 Å². The quantitative estimate of drug-likeness (QED) is 0.141. The van der Waals surface area contributed by atoms with E-state index in [0.717, 1.165) is 6.26 Å². The fourth-order valence-corrected chi connectivity index (χ4v) is 5.70. The first-order chi connectivity index (χ1) is 21.2. The van der Waals surface area contributed by atoms with Gasteiger partial charge in [0.05, 0.1) is 23.7 Å². The number of aryl methyl sites for hydroxylation is 1. The maximum atomic E-state index is 12.8. The molecule has 2 unspecified atom stereocenters. The van der Waals surface area contributed by atoms with Crippen molar-refractivity contribution in [3.63, 3.8) is 0 Å². The zero-order valence-electron chi connectivity index (χ0n) is 25.3. The lowest BCUT2D eigenvalue weighted by molar-refractivity contribution is -0.274. The van der Waals surface area contributed by atoms with E-state index in [1.165, 1.54) is 48.3 Å². The molecule has 0 bridgehead atoms. The first-order valence-electron chi connectivity index (χ1n) is 13.9. The lowest BCUT2D eigenvalue weighted by Crippen LogP contribution is -2.37. The summed E-state index contributed by atoms with van der Waals surface area (Å²) in [6.07, 6.45) is -1.88. The van der Waals surface area contributed by atoms with Crippen LogP contribution in [0.3, 0.4) is 0 Å². The van der Waals surface area contributed by atoms with Crippen molar-refractivity contribution in [1.29, 1.82) is 5.41 Å². The number of hydrogen-bond acceptors (Lipinski definition) is 8. The molecule has 0 saturated heterocycles. The molecule has 238 valence electrons. The summed E-state index contributed by atoms with van der Waals surface area (Å²) in [5, 5.41) is 12.7. The molecule has 1 heterocycles. The Morgan fingerprint density at radius 3 is 2.31 bits per heavy atom. The Bertz CT molecular complexity index is 1800. The number of nitrogens with zero attached hydrogens (tertiary/aromatic N) is 3. The molecule has 13 heteroatoms. The number of ether oxygens (including phenoxy) is 2. The summed E-state index contributed by atoms with van der Waals surface area (Å²) in [5.41, 5.74) is 3.77. The fourth-order valence-electron chi connectivity index (χ4n) is 5.03. The first kappa shape index (κ1) is 33.2. The van der Waals surface area contributed by atoms with Crippen molar-refractivity contribution in [1.82, 2.24) is 9.78 Å². The number of sulfone groups is 1. The molecule has 9 nitrogen and oxygen atoms in total. The number of rotatable bonds is 11. The number of hydrogen-bond donors (Lipinski definition) is 1. The summed E-state index contributed by atoms with van der Waals surface area (Å²) < 4.78 is 73.5. The Labute approximate surface area is 259 Å². The summed E-state index contributed by atoms with van der Waals surface area (Å²) in [4.78, 5) is 14.4. The maximum Gasteiger partial charge on any atom is 0.573 e. The number of alkyl halides is 3. The second-order valence-corrected chi connectivity index (χ2v) is 12.5. The van der Waals surface area contributed by atoms with E-state index in [2.05, 4.69) is 9.84 Å². The van der Waals surface area contributed by atoms with Crippen LogP contribution in [0, 0.1) is 5.41 Å². The van der Waals surface area contributed by atoms with Crippen molar-refractivity contribution in [2.75, 3.05) is 18.3 Å². The normalized spacial score (nSPS) is 13.2.